The molecule has 0 atom stereocenters. The fourth-order valence-corrected chi connectivity index (χ4v) is 3.08. The molecule has 28 heavy (non-hydrogen) atoms. The van der Waals surface area contributed by atoms with E-state index in [4.69, 9.17) is 16.0 Å². The number of carbonyl (C=O) groups excluding carboxylic acids is 2. The Bertz CT molecular complexity index is 1180. The summed E-state index contributed by atoms with van der Waals surface area (Å²) in [5.41, 5.74) is 2.92. The Balaban J connectivity index is 1.65. The Hall–Kier alpha value is -3.44. The van der Waals surface area contributed by atoms with Crippen LogP contribution in [-0.4, -0.2) is 16.7 Å². The summed E-state index contributed by atoms with van der Waals surface area (Å²) in [5, 5.41) is 4.18. The first kappa shape index (κ1) is 17.9. The Morgan fingerprint density at radius 2 is 1.68 bits per heavy atom. The zero-order chi connectivity index (χ0) is 19.7. The maximum absolute atomic E-state index is 12.8. The lowest BCUT2D eigenvalue weighted by molar-refractivity contribution is 0.101. The molecule has 0 bridgehead atoms. The second kappa shape index (κ2) is 7.29. The van der Waals surface area contributed by atoms with Gasteiger partial charge in [0.1, 0.15) is 5.58 Å². The van der Waals surface area contributed by atoms with Gasteiger partial charge in [-0.1, -0.05) is 11.6 Å². The minimum absolute atomic E-state index is 0.215. The molecule has 2 aromatic heterocycles. The molecule has 2 heterocycles. The summed E-state index contributed by atoms with van der Waals surface area (Å²) in [4.78, 5) is 29.0. The summed E-state index contributed by atoms with van der Waals surface area (Å²) < 4.78 is 5.79. The van der Waals surface area contributed by atoms with Gasteiger partial charge < -0.3 is 9.73 Å². The smallest absolute Gasteiger partial charge is 0.255 e. The fraction of sp³-hybridized carbons (Fsp3) is 0.0455. The largest absolute Gasteiger partial charge is 0.452 e. The highest BCUT2D eigenvalue weighted by Gasteiger charge is 2.19. The number of hydrogen-bond donors (Lipinski definition) is 1. The number of halogens is 1. The number of nitrogens with one attached hydrogen (secondary N) is 1. The van der Waals surface area contributed by atoms with Crippen molar-refractivity contribution in [1.29, 1.82) is 0 Å². The van der Waals surface area contributed by atoms with Crippen LogP contribution in [0.25, 0.3) is 11.0 Å². The Labute approximate surface area is 166 Å². The van der Waals surface area contributed by atoms with E-state index in [1.807, 2.05) is 6.92 Å². The number of ketones is 1. The van der Waals surface area contributed by atoms with Gasteiger partial charge in [-0.25, -0.2) is 0 Å². The van der Waals surface area contributed by atoms with E-state index in [0.717, 1.165) is 10.9 Å². The Morgan fingerprint density at radius 1 is 0.964 bits per heavy atom. The average Bonchev–Trinajstić information content (AvgIpc) is 3.05. The number of pyridine rings is 1. The number of aromatic nitrogens is 1. The molecule has 1 amide bonds. The van der Waals surface area contributed by atoms with Gasteiger partial charge in [-0.05, 0) is 61.5 Å². The van der Waals surface area contributed by atoms with Gasteiger partial charge in [0.05, 0.1) is 0 Å². The van der Waals surface area contributed by atoms with Crippen LogP contribution in [0.3, 0.4) is 0 Å². The Kier molecular flexibility index (Phi) is 4.67. The third-order valence-electron chi connectivity index (χ3n) is 4.45. The zero-order valence-corrected chi connectivity index (χ0v) is 15.7. The van der Waals surface area contributed by atoms with E-state index < -0.39 is 0 Å². The van der Waals surface area contributed by atoms with E-state index in [1.54, 1.807) is 67.0 Å². The van der Waals surface area contributed by atoms with E-state index in [2.05, 4.69) is 10.3 Å². The van der Waals surface area contributed by atoms with E-state index in [-0.39, 0.29) is 17.5 Å². The van der Waals surface area contributed by atoms with Crippen LogP contribution in [0.1, 0.15) is 32.0 Å². The van der Waals surface area contributed by atoms with Crippen LogP contribution in [0.15, 0.2) is 71.4 Å². The maximum Gasteiger partial charge on any atom is 0.255 e. The molecule has 1 N–H and O–H groups in total. The monoisotopic (exact) mass is 390 g/mol. The van der Waals surface area contributed by atoms with Gasteiger partial charge in [0, 0.05) is 45.2 Å². The summed E-state index contributed by atoms with van der Waals surface area (Å²) in [6.07, 6.45) is 3.12. The van der Waals surface area contributed by atoms with E-state index in [1.165, 1.54) is 0 Å². The molecule has 0 spiro atoms. The average molecular weight is 391 g/mol. The molecule has 0 saturated carbocycles. The van der Waals surface area contributed by atoms with Crippen molar-refractivity contribution < 1.29 is 14.0 Å². The minimum atomic E-state index is -0.236. The van der Waals surface area contributed by atoms with Crippen molar-refractivity contribution in [3.63, 3.8) is 0 Å². The van der Waals surface area contributed by atoms with Crippen molar-refractivity contribution in [3.05, 3.63) is 94.5 Å². The number of amides is 1. The molecule has 4 aromatic rings. The molecular weight excluding hydrogens is 376 g/mol. The normalized spacial score (nSPS) is 10.8. The molecule has 0 aliphatic heterocycles. The number of carbonyl (C=O) groups is 2. The van der Waals surface area contributed by atoms with Crippen LogP contribution in [-0.2, 0) is 0 Å². The van der Waals surface area contributed by atoms with Crippen LogP contribution < -0.4 is 5.32 Å². The summed E-state index contributed by atoms with van der Waals surface area (Å²) in [7, 11) is 0. The molecule has 0 fully saturated rings. The molecular formula is C22H15ClN2O3. The quantitative estimate of drug-likeness (QED) is 0.481. The van der Waals surface area contributed by atoms with Gasteiger partial charge in [-0.3, -0.25) is 14.6 Å². The van der Waals surface area contributed by atoms with Crippen LogP contribution in [0.5, 0.6) is 0 Å². The lowest BCUT2D eigenvalue weighted by atomic mass is 10.0. The third kappa shape index (κ3) is 3.40. The molecule has 0 saturated heterocycles. The maximum atomic E-state index is 12.8. The number of fused-ring (bicyclic) bond motifs is 1. The molecule has 0 aliphatic carbocycles. The summed E-state index contributed by atoms with van der Waals surface area (Å²) in [6, 6.07) is 15.2. The Morgan fingerprint density at radius 3 is 2.39 bits per heavy atom. The summed E-state index contributed by atoms with van der Waals surface area (Å²) in [5.74, 6) is -0.178. The van der Waals surface area contributed by atoms with Crippen LogP contribution in [0, 0.1) is 6.92 Å². The number of benzene rings is 2. The number of rotatable bonds is 4. The van der Waals surface area contributed by atoms with Crippen molar-refractivity contribution in [2.45, 2.75) is 6.92 Å². The first-order chi connectivity index (χ1) is 13.5. The third-order valence-corrected chi connectivity index (χ3v) is 4.70. The molecule has 2 aromatic carbocycles. The number of nitrogens with zero attached hydrogens (tertiary/aromatic N) is 1. The molecule has 138 valence electrons. The van der Waals surface area contributed by atoms with Gasteiger partial charge in [0.2, 0.25) is 5.78 Å². The summed E-state index contributed by atoms with van der Waals surface area (Å²) in [6.45, 7) is 1.82. The van der Waals surface area contributed by atoms with E-state index >= 15 is 0 Å². The van der Waals surface area contributed by atoms with Crippen LogP contribution in [0.2, 0.25) is 5.02 Å². The second-order valence-electron chi connectivity index (χ2n) is 6.29. The first-order valence-electron chi connectivity index (χ1n) is 8.58. The van der Waals surface area contributed by atoms with Gasteiger partial charge in [0.25, 0.3) is 5.91 Å². The SMILES string of the molecule is Cc1c(C(=O)c2ccc(Cl)cc2)oc2ccc(NC(=O)c3ccncc3)cc12. The predicted molar refractivity (Wildman–Crippen MR) is 108 cm³/mol. The van der Waals surface area contributed by atoms with Crippen molar-refractivity contribution in [3.8, 4) is 0 Å². The predicted octanol–water partition coefficient (Wildman–Crippen LogP) is 5.27. The van der Waals surface area contributed by atoms with E-state index in [0.29, 0.717) is 27.4 Å². The molecule has 5 nitrogen and oxygen atoms in total. The van der Waals surface area contributed by atoms with Crippen molar-refractivity contribution in [2.75, 3.05) is 5.32 Å². The zero-order valence-electron chi connectivity index (χ0n) is 14.9. The number of hydrogen-bond acceptors (Lipinski definition) is 4. The molecule has 0 radical (unpaired) electrons. The van der Waals surface area contributed by atoms with Crippen molar-refractivity contribution in [2.24, 2.45) is 0 Å². The minimum Gasteiger partial charge on any atom is -0.452 e. The fourth-order valence-electron chi connectivity index (χ4n) is 2.95. The van der Waals surface area contributed by atoms with Crippen molar-refractivity contribution in [1.82, 2.24) is 4.98 Å². The standard InChI is InChI=1S/C22H15ClN2O3/c1-13-18-12-17(25-22(27)15-8-10-24-11-9-15)6-7-19(18)28-21(13)20(26)14-2-4-16(23)5-3-14/h2-12H,1H3,(H,25,27). The number of anilines is 1. The number of furan rings is 1. The van der Waals surface area contributed by atoms with Gasteiger partial charge in [-0.15, -0.1) is 0 Å². The summed E-state index contributed by atoms with van der Waals surface area (Å²) >= 11 is 5.89. The lowest BCUT2D eigenvalue weighted by Crippen LogP contribution is -2.11. The molecule has 0 aliphatic rings. The topological polar surface area (TPSA) is 72.2 Å². The van der Waals surface area contributed by atoms with Gasteiger partial charge in [0.15, 0.2) is 5.76 Å². The number of aryl methyl sites for hydroxylation is 1. The highest BCUT2D eigenvalue weighted by Crippen LogP contribution is 2.30. The molecule has 4 rings (SSSR count). The van der Waals surface area contributed by atoms with E-state index in [9.17, 15) is 9.59 Å². The molecule has 0 unspecified atom stereocenters. The van der Waals surface area contributed by atoms with Gasteiger partial charge >= 0.3 is 0 Å². The van der Waals surface area contributed by atoms with Crippen molar-refractivity contribution >= 4 is 39.9 Å². The highest BCUT2D eigenvalue weighted by atomic mass is 35.5. The lowest BCUT2D eigenvalue weighted by Gasteiger charge is -2.05. The van der Waals surface area contributed by atoms with Crippen LogP contribution >= 0.6 is 11.6 Å². The second-order valence-corrected chi connectivity index (χ2v) is 6.73. The van der Waals surface area contributed by atoms with Gasteiger partial charge in [-0.2, -0.15) is 0 Å². The first-order valence-corrected chi connectivity index (χ1v) is 8.95. The molecule has 6 heteroatoms. The highest BCUT2D eigenvalue weighted by molar-refractivity contribution is 6.30. The van der Waals surface area contributed by atoms with Crippen LogP contribution in [0.4, 0.5) is 5.69 Å².